The SMILES string of the molecule is C1=CC2c3ccccc3N(c3ccccc3)C2C=C1N(c1ccc2c(c1)C1(c3ccccc3-2)C2CC3CC(C2)CC1C3)c1cccc2ccccc12. The van der Waals surface area contributed by atoms with Crippen LogP contribution in [0, 0.1) is 23.7 Å². The van der Waals surface area contributed by atoms with Gasteiger partial charge >= 0.3 is 0 Å². The topological polar surface area (TPSA) is 6.48 Å². The minimum Gasteiger partial charge on any atom is -0.333 e. The van der Waals surface area contributed by atoms with Gasteiger partial charge in [0.25, 0.3) is 0 Å². The van der Waals surface area contributed by atoms with Gasteiger partial charge in [-0.15, -0.1) is 0 Å². The van der Waals surface area contributed by atoms with Gasteiger partial charge in [0, 0.05) is 39.5 Å². The Labute approximate surface area is 306 Å². The molecule has 0 saturated heterocycles. The molecule has 1 spiro atoms. The Morgan fingerprint density at radius 3 is 2.17 bits per heavy atom. The molecule has 1 aliphatic heterocycles. The summed E-state index contributed by atoms with van der Waals surface area (Å²) in [6, 6.07) is 53.0. The molecule has 0 amide bonds. The number of para-hydroxylation sites is 2. The van der Waals surface area contributed by atoms with Gasteiger partial charge in [0.15, 0.2) is 0 Å². The zero-order valence-corrected chi connectivity index (χ0v) is 29.4. The zero-order chi connectivity index (χ0) is 34.0. The molecule has 0 aromatic heterocycles. The van der Waals surface area contributed by atoms with Gasteiger partial charge in [-0.25, -0.2) is 0 Å². The van der Waals surface area contributed by atoms with Gasteiger partial charge in [0.2, 0.25) is 0 Å². The normalized spacial score (nSPS) is 28.5. The molecule has 2 atom stereocenters. The van der Waals surface area contributed by atoms with Gasteiger partial charge in [-0.2, -0.15) is 0 Å². The first-order chi connectivity index (χ1) is 25.8. The minimum atomic E-state index is 0.124. The van der Waals surface area contributed by atoms with E-state index in [4.69, 9.17) is 0 Å². The molecule has 1 heterocycles. The third kappa shape index (κ3) is 3.90. The maximum atomic E-state index is 2.65. The predicted molar refractivity (Wildman–Crippen MR) is 215 cm³/mol. The first kappa shape index (κ1) is 29.3. The fourth-order valence-electron chi connectivity index (χ4n) is 12.5. The lowest BCUT2D eigenvalue weighted by molar-refractivity contribution is -0.0399. The molecule has 52 heavy (non-hydrogen) atoms. The van der Waals surface area contributed by atoms with E-state index < -0.39 is 0 Å². The van der Waals surface area contributed by atoms with Crippen LogP contribution in [0.15, 0.2) is 163 Å². The van der Waals surface area contributed by atoms with Crippen molar-refractivity contribution >= 4 is 33.5 Å². The Bertz CT molecular complexity index is 2440. The number of benzene rings is 6. The van der Waals surface area contributed by atoms with Crippen molar-refractivity contribution in [2.24, 2.45) is 23.7 Å². The van der Waals surface area contributed by atoms with E-state index in [1.54, 1.807) is 11.1 Å². The van der Waals surface area contributed by atoms with Crippen LogP contribution in [0.3, 0.4) is 0 Å². The Kier molecular flexibility index (Phi) is 6.10. The van der Waals surface area contributed by atoms with Gasteiger partial charge in [-0.1, -0.05) is 109 Å². The summed E-state index contributed by atoms with van der Waals surface area (Å²) < 4.78 is 0. The minimum absolute atomic E-state index is 0.124. The zero-order valence-electron chi connectivity index (χ0n) is 29.4. The fraction of sp³-hybridized carbons (Fsp3) is 0.240. The van der Waals surface area contributed by atoms with E-state index in [9.17, 15) is 0 Å². The number of nitrogens with zero attached hydrogens (tertiary/aromatic N) is 2. The second kappa shape index (κ2) is 10.8. The number of hydrogen-bond acceptors (Lipinski definition) is 2. The van der Waals surface area contributed by atoms with E-state index in [1.807, 2.05) is 0 Å². The Hall–Kier alpha value is -5.34. The van der Waals surface area contributed by atoms with Crippen LogP contribution in [0.1, 0.15) is 54.7 Å². The molecule has 13 rings (SSSR count). The van der Waals surface area contributed by atoms with Crippen LogP contribution in [-0.4, -0.2) is 6.04 Å². The average molecular weight is 671 g/mol. The number of hydrogen-bond donors (Lipinski definition) is 0. The number of anilines is 4. The summed E-state index contributed by atoms with van der Waals surface area (Å²) in [7, 11) is 0. The highest BCUT2D eigenvalue weighted by molar-refractivity contribution is 5.98. The second-order valence-electron chi connectivity index (χ2n) is 16.5. The molecule has 4 fully saturated rings. The molecule has 2 heteroatoms. The Balaban J connectivity index is 1.07. The largest absolute Gasteiger partial charge is 0.333 e. The number of fused-ring (bicyclic) bond motifs is 7. The summed E-state index contributed by atoms with van der Waals surface area (Å²) in [5, 5.41) is 2.55. The highest BCUT2D eigenvalue weighted by Crippen LogP contribution is 2.69. The van der Waals surface area contributed by atoms with Gasteiger partial charge in [0.1, 0.15) is 0 Å². The molecule has 0 N–H and O–H groups in total. The van der Waals surface area contributed by atoms with Crippen molar-refractivity contribution in [3.63, 3.8) is 0 Å². The Morgan fingerprint density at radius 1 is 0.596 bits per heavy atom. The highest BCUT2D eigenvalue weighted by atomic mass is 15.2. The lowest BCUT2D eigenvalue weighted by atomic mass is 9.43. The average Bonchev–Trinajstić information content (AvgIpc) is 3.67. The lowest BCUT2D eigenvalue weighted by Gasteiger charge is -2.61. The molecular formula is C50H42N2. The summed E-state index contributed by atoms with van der Waals surface area (Å²) in [6.07, 6.45) is 14.5. The molecule has 7 aliphatic rings. The van der Waals surface area contributed by atoms with Crippen LogP contribution in [0.4, 0.5) is 22.7 Å². The van der Waals surface area contributed by atoms with Crippen molar-refractivity contribution in [2.75, 3.05) is 9.80 Å². The van der Waals surface area contributed by atoms with Crippen molar-refractivity contribution < 1.29 is 0 Å². The van der Waals surface area contributed by atoms with Gasteiger partial charge in [-0.3, -0.25) is 0 Å². The van der Waals surface area contributed by atoms with Crippen LogP contribution in [0.5, 0.6) is 0 Å². The fourth-order valence-corrected chi connectivity index (χ4v) is 12.5. The van der Waals surface area contributed by atoms with E-state index >= 15 is 0 Å². The predicted octanol–water partition coefficient (Wildman–Crippen LogP) is 12.5. The molecular weight excluding hydrogens is 629 g/mol. The molecule has 4 saturated carbocycles. The molecule has 2 nitrogen and oxygen atoms in total. The first-order valence-corrected chi connectivity index (χ1v) is 19.6. The van der Waals surface area contributed by atoms with Gasteiger partial charge in [0.05, 0.1) is 11.7 Å². The first-order valence-electron chi connectivity index (χ1n) is 19.6. The molecule has 6 aromatic rings. The molecule has 6 aliphatic carbocycles. The monoisotopic (exact) mass is 670 g/mol. The molecule has 252 valence electrons. The second-order valence-corrected chi connectivity index (χ2v) is 16.5. The summed E-state index contributed by atoms with van der Waals surface area (Å²) >= 11 is 0. The molecule has 4 bridgehead atoms. The van der Waals surface area contributed by atoms with Gasteiger partial charge in [-0.05, 0) is 138 Å². The van der Waals surface area contributed by atoms with Crippen LogP contribution >= 0.6 is 0 Å². The van der Waals surface area contributed by atoms with Crippen LogP contribution in [-0.2, 0) is 5.41 Å². The maximum Gasteiger partial charge on any atom is 0.0649 e. The number of allylic oxidation sites excluding steroid dienone is 1. The number of rotatable bonds is 4. The van der Waals surface area contributed by atoms with E-state index in [0.717, 1.165) is 23.7 Å². The van der Waals surface area contributed by atoms with Crippen LogP contribution in [0.25, 0.3) is 21.9 Å². The quantitative estimate of drug-likeness (QED) is 0.184. The smallest absolute Gasteiger partial charge is 0.0649 e. The maximum absolute atomic E-state index is 2.65. The molecule has 6 aromatic carbocycles. The van der Waals surface area contributed by atoms with Crippen LogP contribution < -0.4 is 9.80 Å². The highest BCUT2D eigenvalue weighted by Gasteiger charge is 2.61. The van der Waals surface area contributed by atoms with Crippen molar-refractivity contribution in [1.29, 1.82) is 0 Å². The summed E-state index contributed by atoms with van der Waals surface area (Å²) in [4.78, 5) is 5.15. The third-order valence-corrected chi connectivity index (χ3v) is 14.1. The summed E-state index contributed by atoms with van der Waals surface area (Å²) in [5.41, 5.74) is 14.0. The Morgan fingerprint density at radius 2 is 1.31 bits per heavy atom. The molecule has 0 radical (unpaired) electrons. The van der Waals surface area contributed by atoms with Crippen LogP contribution in [0.2, 0.25) is 0 Å². The summed E-state index contributed by atoms with van der Waals surface area (Å²) in [6.45, 7) is 0. The van der Waals surface area contributed by atoms with E-state index in [0.29, 0.717) is 5.92 Å². The van der Waals surface area contributed by atoms with Crippen molar-refractivity contribution in [3.05, 3.63) is 180 Å². The van der Waals surface area contributed by atoms with E-state index in [2.05, 4.69) is 168 Å². The lowest BCUT2D eigenvalue weighted by Crippen LogP contribution is -2.55. The van der Waals surface area contributed by atoms with Crippen molar-refractivity contribution in [2.45, 2.75) is 49.5 Å². The molecule has 2 unspecified atom stereocenters. The van der Waals surface area contributed by atoms with Crippen molar-refractivity contribution in [1.82, 2.24) is 0 Å². The van der Waals surface area contributed by atoms with Crippen molar-refractivity contribution in [3.8, 4) is 11.1 Å². The van der Waals surface area contributed by atoms with E-state index in [-0.39, 0.29) is 11.5 Å². The van der Waals surface area contributed by atoms with E-state index in [1.165, 1.54) is 88.0 Å². The summed E-state index contributed by atoms with van der Waals surface area (Å²) in [5.74, 6) is 3.61. The third-order valence-electron chi connectivity index (χ3n) is 14.1. The van der Waals surface area contributed by atoms with Gasteiger partial charge < -0.3 is 9.80 Å². The standard InChI is InChI=1S/C50H42N2/c1-2-13-37(14-3-1)52-48-19-9-7-17-43(48)44-24-22-39(31-49(44)52)51(47-20-10-12-34-11-4-5-15-40(34)47)38-21-23-42-41-16-6-8-18-45(41)50(46(42)30-38)35-26-32-25-33(28-35)29-36(50)27-32/h1-24,30-33,35-36,44,49H,25-29H2.